The minimum Gasteiger partial charge on any atom is -0.477 e. The fraction of sp³-hybridized carbons (Fsp3) is 0.200. The third kappa shape index (κ3) is 1.57. The molecule has 0 aliphatic rings. The highest BCUT2D eigenvalue weighted by molar-refractivity contribution is 6.31. The molecular formula is C10H9ClN2O2. The zero-order chi connectivity index (χ0) is 11.0. The zero-order valence-electron chi connectivity index (χ0n) is 8.07. The number of aromatic nitrogens is 2. The van der Waals surface area contributed by atoms with Crippen molar-refractivity contribution in [1.82, 2.24) is 9.78 Å². The van der Waals surface area contributed by atoms with Crippen LogP contribution in [0.1, 0.15) is 17.4 Å². The number of halogens is 1. The molecule has 2 rings (SSSR count). The van der Waals surface area contributed by atoms with Gasteiger partial charge in [-0.25, -0.2) is 4.79 Å². The number of hydrogen-bond acceptors (Lipinski definition) is 2. The lowest BCUT2D eigenvalue weighted by atomic mass is 10.2. The number of carboxylic acid groups (broad SMARTS) is 1. The van der Waals surface area contributed by atoms with Crippen LogP contribution in [-0.2, 0) is 6.54 Å². The van der Waals surface area contributed by atoms with Crippen molar-refractivity contribution in [2.45, 2.75) is 13.5 Å². The Hall–Kier alpha value is -1.55. The molecule has 1 heterocycles. The van der Waals surface area contributed by atoms with E-state index in [-0.39, 0.29) is 5.69 Å². The first-order valence-electron chi connectivity index (χ1n) is 4.53. The first-order valence-corrected chi connectivity index (χ1v) is 4.90. The van der Waals surface area contributed by atoms with Gasteiger partial charge in [0.1, 0.15) is 0 Å². The Morgan fingerprint density at radius 1 is 1.60 bits per heavy atom. The molecule has 4 nitrogen and oxygen atoms in total. The normalized spacial score (nSPS) is 10.8. The van der Waals surface area contributed by atoms with Crippen LogP contribution in [0.3, 0.4) is 0 Å². The number of carboxylic acids is 1. The maximum absolute atomic E-state index is 11.1. The number of hydrogen-bond donors (Lipinski definition) is 1. The van der Waals surface area contributed by atoms with Crippen molar-refractivity contribution in [2.24, 2.45) is 0 Å². The second-order valence-electron chi connectivity index (χ2n) is 3.13. The van der Waals surface area contributed by atoms with Crippen LogP contribution in [0.25, 0.3) is 10.9 Å². The van der Waals surface area contributed by atoms with Gasteiger partial charge in [-0.15, -0.1) is 0 Å². The maximum Gasteiger partial charge on any atom is 0.354 e. The molecule has 0 saturated carbocycles. The molecule has 0 spiro atoms. The zero-order valence-corrected chi connectivity index (χ0v) is 8.82. The van der Waals surface area contributed by atoms with E-state index in [1.54, 1.807) is 18.2 Å². The van der Waals surface area contributed by atoms with Crippen molar-refractivity contribution < 1.29 is 9.90 Å². The molecule has 0 saturated heterocycles. The Morgan fingerprint density at radius 2 is 2.33 bits per heavy atom. The molecule has 1 aromatic carbocycles. The summed E-state index contributed by atoms with van der Waals surface area (Å²) >= 11 is 5.82. The summed E-state index contributed by atoms with van der Waals surface area (Å²) < 4.78 is 1.46. The van der Waals surface area contributed by atoms with Crippen molar-refractivity contribution in [3.63, 3.8) is 0 Å². The van der Waals surface area contributed by atoms with E-state index in [4.69, 9.17) is 16.7 Å². The molecule has 0 atom stereocenters. The van der Waals surface area contributed by atoms with Gasteiger partial charge in [-0.2, -0.15) is 5.10 Å². The molecule has 0 unspecified atom stereocenters. The van der Waals surface area contributed by atoms with Gasteiger partial charge < -0.3 is 5.11 Å². The van der Waals surface area contributed by atoms with E-state index in [2.05, 4.69) is 5.10 Å². The van der Waals surface area contributed by atoms with Gasteiger partial charge in [0.2, 0.25) is 0 Å². The minimum absolute atomic E-state index is 0.190. The molecule has 78 valence electrons. The van der Waals surface area contributed by atoms with Crippen LogP contribution in [0.4, 0.5) is 0 Å². The molecule has 15 heavy (non-hydrogen) atoms. The summed E-state index contributed by atoms with van der Waals surface area (Å²) in [5.74, 6) is -0.985. The number of fused-ring (bicyclic) bond motifs is 1. The SMILES string of the molecule is CCn1nc2ccc(Cl)cc2c1C(=O)O. The molecule has 1 aromatic heterocycles. The van der Waals surface area contributed by atoms with E-state index in [9.17, 15) is 4.79 Å². The van der Waals surface area contributed by atoms with E-state index >= 15 is 0 Å². The summed E-state index contributed by atoms with van der Waals surface area (Å²) in [6.07, 6.45) is 0. The van der Waals surface area contributed by atoms with Gasteiger partial charge in [0, 0.05) is 17.0 Å². The molecule has 0 aliphatic heterocycles. The van der Waals surface area contributed by atoms with Crippen molar-refractivity contribution in [1.29, 1.82) is 0 Å². The summed E-state index contributed by atoms with van der Waals surface area (Å²) in [5, 5.41) is 14.3. The Labute approximate surface area is 91.1 Å². The summed E-state index contributed by atoms with van der Waals surface area (Å²) in [7, 11) is 0. The molecule has 1 N–H and O–H groups in total. The van der Waals surface area contributed by atoms with E-state index in [0.717, 1.165) is 0 Å². The van der Waals surface area contributed by atoms with Crippen LogP contribution in [0.5, 0.6) is 0 Å². The van der Waals surface area contributed by atoms with Crippen LogP contribution >= 0.6 is 11.6 Å². The number of nitrogens with zero attached hydrogens (tertiary/aromatic N) is 2. The summed E-state index contributed by atoms with van der Waals surface area (Å²) in [5.41, 5.74) is 0.841. The monoisotopic (exact) mass is 224 g/mol. The molecule has 0 amide bonds. The Kier molecular flexibility index (Phi) is 2.36. The molecule has 5 heteroatoms. The van der Waals surface area contributed by atoms with Crippen LogP contribution in [-0.4, -0.2) is 20.9 Å². The van der Waals surface area contributed by atoms with Crippen LogP contribution in [0.2, 0.25) is 5.02 Å². The Morgan fingerprint density at radius 3 is 2.93 bits per heavy atom. The number of rotatable bonds is 2. The highest BCUT2D eigenvalue weighted by Crippen LogP contribution is 2.22. The van der Waals surface area contributed by atoms with Crippen molar-refractivity contribution >= 4 is 28.5 Å². The quantitative estimate of drug-likeness (QED) is 0.852. The third-order valence-corrected chi connectivity index (χ3v) is 2.44. The number of carbonyl (C=O) groups is 1. The van der Waals surface area contributed by atoms with E-state index < -0.39 is 5.97 Å². The predicted molar refractivity (Wildman–Crippen MR) is 57.4 cm³/mol. The second kappa shape index (κ2) is 3.55. The molecule has 2 aromatic rings. The highest BCUT2D eigenvalue weighted by atomic mass is 35.5. The van der Waals surface area contributed by atoms with Gasteiger partial charge in [-0.05, 0) is 25.1 Å². The fourth-order valence-electron chi connectivity index (χ4n) is 1.56. The maximum atomic E-state index is 11.1. The van der Waals surface area contributed by atoms with Gasteiger partial charge in [-0.3, -0.25) is 4.68 Å². The largest absolute Gasteiger partial charge is 0.477 e. The molecular weight excluding hydrogens is 216 g/mol. The smallest absolute Gasteiger partial charge is 0.354 e. The van der Waals surface area contributed by atoms with E-state index in [1.165, 1.54) is 4.68 Å². The van der Waals surface area contributed by atoms with Crippen molar-refractivity contribution in [3.8, 4) is 0 Å². The number of benzene rings is 1. The van der Waals surface area contributed by atoms with E-state index in [0.29, 0.717) is 22.5 Å². The molecule has 0 radical (unpaired) electrons. The average Bonchev–Trinajstić information content (AvgIpc) is 2.55. The van der Waals surface area contributed by atoms with Gasteiger partial charge in [0.25, 0.3) is 0 Å². The Bertz CT molecular complexity index is 533. The first-order chi connectivity index (χ1) is 7.13. The topological polar surface area (TPSA) is 55.1 Å². The van der Waals surface area contributed by atoms with Crippen molar-refractivity contribution in [3.05, 3.63) is 28.9 Å². The fourth-order valence-corrected chi connectivity index (χ4v) is 1.73. The predicted octanol–water partition coefficient (Wildman–Crippen LogP) is 2.41. The Balaban J connectivity index is 2.82. The average molecular weight is 225 g/mol. The van der Waals surface area contributed by atoms with Gasteiger partial charge in [-0.1, -0.05) is 11.6 Å². The molecule has 0 bridgehead atoms. The molecule has 0 fully saturated rings. The lowest BCUT2D eigenvalue weighted by Gasteiger charge is -1.98. The van der Waals surface area contributed by atoms with Crippen LogP contribution in [0, 0.1) is 0 Å². The van der Waals surface area contributed by atoms with Crippen molar-refractivity contribution in [2.75, 3.05) is 0 Å². The van der Waals surface area contributed by atoms with Gasteiger partial charge in [0.05, 0.1) is 5.52 Å². The standard InChI is InChI=1S/C10H9ClN2O2/c1-2-13-9(10(14)15)7-5-6(11)3-4-8(7)12-13/h3-5H,2H2,1H3,(H,14,15). The second-order valence-corrected chi connectivity index (χ2v) is 3.57. The van der Waals surface area contributed by atoms with Crippen LogP contribution < -0.4 is 0 Å². The number of aryl methyl sites for hydroxylation is 1. The summed E-state index contributed by atoms with van der Waals surface area (Å²) in [4.78, 5) is 11.1. The van der Waals surface area contributed by atoms with Gasteiger partial charge >= 0.3 is 5.97 Å². The number of aromatic carboxylic acids is 1. The summed E-state index contributed by atoms with van der Waals surface area (Å²) in [6, 6.07) is 5.04. The third-order valence-electron chi connectivity index (χ3n) is 2.20. The first kappa shape index (κ1) is 9.98. The summed E-state index contributed by atoms with van der Waals surface area (Å²) in [6.45, 7) is 2.37. The van der Waals surface area contributed by atoms with Crippen LogP contribution in [0.15, 0.2) is 18.2 Å². The highest BCUT2D eigenvalue weighted by Gasteiger charge is 2.16. The lowest BCUT2D eigenvalue weighted by Crippen LogP contribution is -2.08. The lowest BCUT2D eigenvalue weighted by molar-refractivity contribution is 0.0685. The van der Waals surface area contributed by atoms with Gasteiger partial charge in [0.15, 0.2) is 5.69 Å². The molecule has 0 aliphatic carbocycles. The minimum atomic E-state index is -0.985. The van der Waals surface area contributed by atoms with E-state index in [1.807, 2.05) is 6.92 Å².